The van der Waals surface area contributed by atoms with Crippen molar-refractivity contribution in [3.05, 3.63) is 0 Å². The van der Waals surface area contributed by atoms with Gasteiger partial charge in [0.25, 0.3) is 0 Å². The number of hydrogen-bond acceptors (Lipinski definition) is 8. The smallest absolute Gasteiger partial charge is 0.306 e. The molecule has 3 atom stereocenters. The van der Waals surface area contributed by atoms with Crippen LogP contribution < -0.4 is 0 Å². The van der Waals surface area contributed by atoms with Gasteiger partial charge in [0.2, 0.25) is 0 Å². The standard InChI is InChI=1S/C51H102N2O6/c1-6-10-14-18-20-25-35-47(33-23-16-12-8-3)43-50(56)58-41-31-27-37-49(55)45-53(39-28-22-30-40-54)46-52(5)38-29-32-42-59-51(57)44-48(34-24-17-13-9-4)36-26-21-19-15-11-7-2/h47-49,54-55H,6-46H2,1-5H3. The van der Waals surface area contributed by atoms with Crippen LogP contribution >= 0.6 is 0 Å². The second-order valence-corrected chi connectivity index (χ2v) is 18.3. The first-order chi connectivity index (χ1) is 28.8. The van der Waals surface area contributed by atoms with Crippen LogP contribution in [0.3, 0.4) is 0 Å². The first-order valence-electron chi connectivity index (χ1n) is 25.8. The van der Waals surface area contributed by atoms with Crippen LogP contribution in [-0.2, 0) is 19.1 Å². The number of aliphatic hydroxyl groups is 2. The minimum Gasteiger partial charge on any atom is -0.466 e. The monoisotopic (exact) mass is 839 g/mol. The van der Waals surface area contributed by atoms with Crippen LogP contribution in [-0.4, -0.2) is 91.2 Å². The van der Waals surface area contributed by atoms with Gasteiger partial charge in [-0.2, -0.15) is 0 Å². The van der Waals surface area contributed by atoms with Gasteiger partial charge in [-0.05, 0) is 109 Å². The van der Waals surface area contributed by atoms with Crippen molar-refractivity contribution in [3.63, 3.8) is 0 Å². The van der Waals surface area contributed by atoms with Gasteiger partial charge in [-0.25, -0.2) is 0 Å². The van der Waals surface area contributed by atoms with Gasteiger partial charge in [0.1, 0.15) is 0 Å². The molecule has 0 radical (unpaired) electrons. The number of ether oxygens (including phenoxy) is 2. The van der Waals surface area contributed by atoms with E-state index in [-0.39, 0.29) is 18.5 Å². The summed E-state index contributed by atoms with van der Waals surface area (Å²) in [6.07, 6.45) is 37.6. The minimum absolute atomic E-state index is 0.0216. The molecule has 8 heteroatoms. The van der Waals surface area contributed by atoms with Crippen LogP contribution in [0.5, 0.6) is 0 Å². The highest BCUT2D eigenvalue weighted by Gasteiger charge is 2.18. The number of carbonyl (C=O) groups excluding carboxylic acids is 2. The normalized spacial score (nSPS) is 13.3. The lowest BCUT2D eigenvalue weighted by molar-refractivity contribution is -0.146. The SMILES string of the molecule is CCCCCCCCC(CCCCCC)CC(=O)OCCCCC(O)CN(CCCCCO)CN(C)CCCCOC(=O)CC(CCCCCC)CCCCCCCC. The van der Waals surface area contributed by atoms with E-state index in [2.05, 4.69) is 44.5 Å². The number of nitrogens with zero attached hydrogens (tertiary/aromatic N) is 2. The number of aliphatic hydroxyl groups excluding tert-OH is 2. The molecular weight excluding hydrogens is 737 g/mol. The van der Waals surface area contributed by atoms with E-state index < -0.39 is 6.10 Å². The molecule has 0 heterocycles. The molecule has 0 aromatic carbocycles. The fourth-order valence-corrected chi connectivity index (χ4v) is 8.42. The molecule has 3 unspecified atom stereocenters. The van der Waals surface area contributed by atoms with Gasteiger partial charge in [-0.1, -0.05) is 156 Å². The molecule has 0 bridgehead atoms. The lowest BCUT2D eigenvalue weighted by Crippen LogP contribution is -2.41. The van der Waals surface area contributed by atoms with Gasteiger partial charge < -0.3 is 19.7 Å². The molecular formula is C51H102N2O6. The molecule has 0 aromatic heterocycles. The number of rotatable bonds is 47. The quantitative estimate of drug-likeness (QED) is 0.0355. The molecule has 0 fully saturated rings. The van der Waals surface area contributed by atoms with Crippen LogP contribution in [0, 0.1) is 11.8 Å². The van der Waals surface area contributed by atoms with Gasteiger partial charge >= 0.3 is 11.9 Å². The van der Waals surface area contributed by atoms with Gasteiger partial charge in [0, 0.05) is 26.0 Å². The van der Waals surface area contributed by atoms with Crippen molar-refractivity contribution in [1.82, 2.24) is 9.80 Å². The lowest BCUT2D eigenvalue weighted by Gasteiger charge is -2.30. The van der Waals surface area contributed by atoms with Crippen LogP contribution in [0.1, 0.15) is 246 Å². The third-order valence-corrected chi connectivity index (χ3v) is 12.2. The summed E-state index contributed by atoms with van der Waals surface area (Å²) < 4.78 is 11.4. The molecule has 0 amide bonds. The average Bonchev–Trinajstić information content (AvgIpc) is 3.21. The Balaban J connectivity index is 4.59. The fraction of sp³-hybridized carbons (Fsp3) is 0.961. The Morgan fingerprint density at radius 1 is 0.475 bits per heavy atom. The summed E-state index contributed by atoms with van der Waals surface area (Å²) in [7, 11) is 2.13. The summed E-state index contributed by atoms with van der Waals surface area (Å²) in [6, 6.07) is 0. The van der Waals surface area contributed by atoms with Crippen LogP contribution in [0.25, 0.3) is 0 Å². The lowest BCUT2D eigenvalue weighted by atomic mass is 9.91. The maximum atomic E-state index is 12.8. The summed E-state index contributed by atoms with van der Waals surface area (Å²) in [5, 5.41) is 20.3. The van der Waals surface area contributed by atoms with Crippen LogP contribution in [0.2, 0.25) is 0 Å². The Kier molecular flexibility index (Phi) is 43.9. The Hall–Kier alpha value is -1.22. The molecule has 59 heavy (non-hydrogen) atoms. The van der Waals surface area contributed by atoms with Crippen LogP contribution in [0.15, 0.2) is 0 Å². The van der Waals surface area contributed by atoms with E-state index in [9.17, 15) is 19.8 Å². The summed E-state index contributed by atoms with van der Waals surface area (Å²) in [6.45, 7) is 13.3. The molecule has 2 N–H and O–H groups in total. The van der Waals surface area contributed by atoms with E-state index in [0.29, 0.717) is 50.9 Å². The Bertz CT molecular complexity index is 826. The first kappa shape index (κ1) is 57.8. The van der Waals surface area contributed by atoms with E-state index in [1.807, 2.05) is 0 Å². The van der Waals surface area contributed by atoms with Gasteiger partial charge in [-0.15, -0.1) is 0 Å². The molecule has 0 aliphatic heterocycles. The molecule has 0 spiro atoms. The third-order valence-electron chi connectivity index (χ3n) is 12.2. The van der Waals surface area contributed by atoms with Gasteiger partial charge in [0.05, 0.1) is 26.0 Å². The van der Waals surface area contributed by atoms with E-state index in [4.69, 9.17) is 9.47 Å². The highest BCUT2D eigenvalue weighted by molar-refractivity contribution is 5.70. The summed E-state index contributed by atoms with van der Waals surface area (Å²) in [5.41, 5.74) is 0. The van der Waals surface area contributed by atoms with Gasteiger partial charge in [-0.3, -0.25) is 19.4 Å². The summed E-state index contributed by atoms with van der Waals surface area (Å²) >= 11 is 0. The molecule has 352 valence electrons. The molecule has 0 rings (SSSR count). The van der Waals surface area contributed by atoms with Crippen molar-refractivity contribution >= 4 is 11.9 Å². The highest BCUT2D eigenvalue weighted by atomic mass is 16.5. The second-order valence-electron chi connectivity index (χ2n) is 18.3. The van der Waals surface area contributed by atoms with Crippen molar-refractivity contribution in [1.29, 1.82) is 0 Å². The van der Waals surface area contributed by atoms with E-state index >= 15 is 0 Å². The Labute approximate surface area is 367 Å². The van der Waals surface area contributed by atoms with E-state index in [1.54, 1.807) is 0 Å². The maximum absolute atomic E-state index is 12.8. The predicted molar refractivity (Wildman–Crippen MR) is 251 cm³/mol. The molecule has 0 aromatic rings. The first-order valence-corrected chi connectivity index (χ1v) is 25.8. The topological polar surface area (TPSA) is 99.5 Å². The van der Waals surface area contributed by atoms with Crippen molar-refractivity contribution in [2.45, 2.75) is 252 Å². The van der Waals surface area contributed by atoms with Gasteiger partial charge in [0.15, 0.2) is 0 Å². The summed E-state index contributed by atoms with van der Waals surface area (Å²) in [4.78, 5) is 30.2. The van der Waals surface area contributed by atoms with Crippen molar-refractivity contribution in [3.8, 4) is 0 Å². The average molecular weight is 839 g/mol. The Morgan fingerprint density at radius 2 is 0.847 bits per heavy atom. The molecule has 0 saturated carbocycles. The van der Waals surface area contributed by atoms with E-state index in [0.717, 1.165) is 90.4 Å². The van der Waals surface area contributed by atoms with Crippen molar-refractivity contribution in [2.75, 3.05) is 53.2 Å². The molecule has 8 nitrogen and oxygen atoms in total. The largest absolute Gasteiger partial charge is 0.466 e. The van der Waals surface area contributed by atoms with Crippen molar-refractivity contribution < 1.29 is 29.3 Å². The molecule has 0 saturated heterocycles. The van der Waals surface area contributed by atoms with Crippen molar-refractivity contribution in [2.24, 2.45) is 11.8 Å². The second kappa shape index (κ2) is 44.8. The predicted octanol–water partition coefficient (Wildman–Crippen LogP) is 13.2. The maximum Gasteiger partial charge on any atom is 0.306 e. The van der Waals surface area contributed by atoms with Crippen LogP contribution in [0.4, 0.5) is 0 Å². The summed E-state index contributed by atoms with van der Waals surface area (Å²) in [5.74, 6) is 0.832. The molecule has 0 aliphatic rings. The fourth-order valence-electron chi connectivity index (χ4n) is 8.42. The highest BCUT2D eigenvalue weighted by Crippen LogP contribution is 2.24. The Morgan fingerprint density at radius 3 is 1.31 bits per heavy atom. The number of carbonyl (C=O) groups is 2. The van der Waals surface area contributed by atoms with E-state index in [1.165, 1.54) is 128 Å². The zero-order valence-corrected chi connectivity index (χ0v) is 40.1. The molecule has 0 aliphatic carbocycles. The zero-order valence-electron chi connectivity index (χ0n) is 40.1. The third kappa shape index (κ3) is 40.6. The minimum atomic E-state index is -0.433. The number of esters is 2. The number of hydrogen-bond donors (Lipinski definition) is 2. The zero-order chi connectivity index (χ0) is 43.4. The number of unbranched alkanes of at least 4 members (excludes halogenated alkanes) is 20.